The van der Waals surface area contributed by atoms with E-state index in [2.05, 4.69) is 15.5 Å². The summed E-state index contributed by atoms with van der Waals surface area (Å²) in [5.74, 6) is -2.56. The van der Waals surface area contributed by atoms with Gasteiger partial charge in [-0.25, -0.2) is 8.78 Å². The summed E-state index contributed by atoms with van der Waals surface area (Å²) in [6, 6.07) is 10.4. The highest BCUT2D eigenvalue weighted by Crippen LogP contribution is 2.27. The van der Waals surface area contributed by atoms with Crippen molar-refractivity contribution in [1.29, 1.82) is 0 Å². The van der Waals surface area contributed by atoms with Crippen LogP contribution in [0.15, 0.2) is 53.2 Å². The van der Waals surface area contributed by atoms with E-state index in [4.69, 9.17) is 16.1 Å². The topological polar surface area (TPSA) is 70.9 Å². The summed E-state index contributed by atoms with van der Waals surface area (Å²) in [7, 11) is 0. The van der Waals surface area contributed by atoms with Crippen LogP contribution in [-0.4, -0.2) is 16.0 Å². The molecule has 0 saturated heterocycles. The third-order valence-electron chi connectivity index (χ3n) is 3.84. The molecule has 4 aromatic rings. The molecule has 0 radical (unpaired) electrons. The van der Waals surface area contributed by atoms with Gasteiger partial charge in [0.25, 0.3) is 5.91 Å². The van der Waals surface area contributed by atoms with Crippen molar-refractivity contribution in [3.8, 4) is 11.3 Å². The molecule has 2 N–H and O–H groups in total. The summed E-state index contributed by atoms with van der Waals surface area (Å²) < 4.78 is 31.8. The summed E-state index contributed by atoms with van der Waals surface area (Å²) in [6.45, 7) is 0. The van der Waals surface area contributed by atoms with Crippen molar-refractivity contribution in [2.75, 3.05) is 5.32 Å². The summed E-state index contributed by atoms with van der Waals surface area (Å²) >= 11 is 5.84. The number of nitrogens with one attached hydrogen (secondary N) is 2. The van der Waals surface area contributed by atoms with Crippen molar-refractivity contribution >= 4 is 34.1 Å². The third kappa shape index (κ3) is 2.93. The standard InChI is InChI=1S/C18H10ClF2N3O2/c19-10-3-1-9(2-4-10)14-7-17(26-24-14)18(25)23-16-8-22-15-6-13(21)12(20)5-11(15)16/h1-8,22H,(H,23,25). The first kappa shape index (κ1) is 16.3. The molecule has 0 spiro atoms. The maximum Gasteiger partial charge on any atom is 0.294 e. The number of anilines is 1. The van der Waals surface area contributed by atoms with Crippen LogP contribution >= 0.6 is 11.6 Å². The van der Waals surface area contributed by atoms with Crippen molar-refractivity contribution in [3.05, 3.63) is 71.1 Å². The van der Waals surface area contributed by atoms with Gasteiger partial charge in [-0.15, -0.1) is 0 Å². The minimum atomic E-state index is -1.00. The summed E-state index contributed by atoms with van der Waals surface area (Å²) in [5.41, 5.74) is 1.87. The van der Waals surface area contributed by atoms with Crippen molar-refractivity contribution < 1.29 is 18.1 Å². The molecule has 0 unspecified atom stereocenters. The lowest BCUT2D eigenvalue weighted by atomic mass is 10.1. The Balaban J connectivity index is 1.59. The zero-order chi connectivity index (χ0) is 18.3. The van der Waals surface area contributed by atoms with E-state index in [-0.39, 0.29) is 5.76 Å². The van der Waals surface area contributed by atoms with Crippen LogP contribution in [0.5, 0.6) is 0 Å². The predicted molar refractivity (Wildman–Crippen MR) is 93.1 cm³/mol. The number of benzene rings is 2. The highest BCUT2D eigenvalue weighted by atomic mass is 35.5. The highest BCUT2D eigenvalue weighted by Gasteiger charge is 2.17. The Kier molecular flexibility index (Phi) is 3.93. The fourth-order valence-corrected chi connectivity index (χ4v) is 2.67. The van der Waals surface area contributed by atoms with Gasteiger partial charge >= 0.3 is 0 Å². The predicted octanol–water partition coefficient (Wildman–Crippen LogP) is 5.01. The molecule has 0 aliphatic rings. The Morgan fingerprint density at radius 2 is 1.85 bits per heavy atom. The van der Waals surface area contributed by atoms with Crippen LogP contribution in [0.1, 0.15) is 10.6 Å². The smallest absolute Gasteiger partial charge is 0.294 e. The van der Waals surface area contributed by atoms with Crippen molar-refractivity contribution in [1.82, 2.24) is 10.1 Å². The number of aromatic nitrogens is 2. The zero-order valence-corrected chi connectivity index (χ0v) is 13.8. The molecule has 0 aliphatic heterocycles. The van der Waals surface area contributed by atoms with Crippen molar-refractivity contribution in [2.45, 2.75) is 0 Å². The van der Waals surface area contributed by atoms with E-state index in [0.29, 0.717) is 27.3 Å². The number of hydrogen-bond donors (Lipinski definition) is 2. The lowest BCUT2D eigenvalue weighted by Crippen LogP contribution is -2.10. The Morgan fingerprint density at radius 3 is 2.62 bits per heavy atom. The Hall–Kier alpha value is -3.19. The van der Waals surface area contributed by atoms with Crippen LogP contribution in [0.4, 0.5) is 14.5 Å². The molecule has 1 amide bonds. The number of H-pyrrole nitrogens is 1. The van der Waals surface area contributed by atoms with E-state index < -0.39 is 17.5 Å². The fraction of sp³-hybridized carbons (Fsp3) is 0. The van der Waals surface area contributed by atoms with Crippen LogP contribution < -0.4 is 5.32 Å². The molecular weight excluding hydrogens is 364 g/mol. The van der Waals surface area contributed by atoms with E-state index in [9.17, 15) is 13.6 Å². The van der Waals surface area contributed by atoms with E-state index in [1.54, 1.807) is 24.3 Å². The van der Waals surface area contributed by atoms with Gasteiger partial charge in [0, 0.05) is 34.3 Å². The quantitative estimate of drug-likeness (QED) is 0.530. The lowest BCUT2D eigenvalue weighted by molar-refractivity contribution is 0.0988. The van der Waals surface area contributed by atoms with Gasteiger partial charge < -0.3 is 14.8 Å². The Morgan fingerprint density at radius 1 is 1.12 bits per heavy atom. The molecule has 0 aliphatic carbocycles. The van der Waals surface area contributed by atoms with Crippen LogP contribution in [0.25, 0.3) is 22.2 Å². The largest absolute Gasteiger partial charge is 0.359 e. The molecule has 0 fully saturated rings. The molecule has 0 saturated carbocycles. The molecular formula is C18H10ClF2N3O2. The van der Waals surface area contributed by atoms with Gasteiger partial charge in [0.05, 0.1) is 11.2 Å². The van der Waals surface area contributed by atoms with Gasteiger partial charge in [-0.3, -0.25) is 4.79 Å². The number of carbonyl (C=O) groups is 1. The summed E-state index contributed by atoms with van der Waals surface area (Å²) in [5, 5.41) is 7.37. The average Bonchev–Trinajstić information content (AvgIpc) is 3.25. The minimum absolute atomic E-state index is 0.0214. The second-order valence-electron chi connectivity index (χ2n) is 5.55. The molecule has 26 heavy (non-hydrogen) atoms. The third-order valence-corrected chi connectivity index (χ3v) is 4.10. The Labute approximate surface area is 150 Å². The summed E-state index contributed by atoms with van der Waals surface area (Å²) in [6.07, 6.45) is 1.44. The second-order valence-corrected chi connectivity index (χ2v) is 5.99. The molecule has 2 aromatic carbocycles. The maximum atomic E-state index is 13.4. The SMILES string of the molecule is O=C(Nc1c[nH]c2cc(F)c(F)cc12)c1cc(-c2ccc(Cl)cc2)no1. The number of fused-ring (bicyclic) bond motifs is 1. The fourth-order valence-electron chi connectivity index (χ4n) is 2.54. The number of amides is 1. The molecule has 4 rings (SSSR count). The van der Waals surface area contributed by atoms with Gasteiger partial charge in [0.1, 0.15) is 5.69 Å². The number of hydrogen-bond acceptors (Lipinski definition) is 3. The molecule has 130 valence electrons. The van der Waals surface area contributed by atoms with E-state index >= 15 is 0 Å². The monoisotopic (exact) mass is 373 g/mol. The number of aromatic amines is 1. The summed E-state index contributed by atoms with van der Waals surface area (Å²) in [4.78, 5) is 15.1. The zero-order valence-electron chi connectivity index (χ0n) is 13.0. The van der Waals surface area contributed by atoms with Gasteiger partial charge in [-0.2, -0.15) is 0 Å². The Bertz CT molecular complexity index is 1120. The van der Waals surface area contributed by atoms with Gasteiger partial charge in [-0.05, 0) is 18.2 Å². The molecule has 0 bridgehead atoms. The molecule has 2 heterocycles. The lowest BCUT2D eigenvalue weighted by Gasteiger charge is -2.01. The minimum Gasteiger partial charge on any atom is -0.359 e. The van der Waals surface area contributed by atoms with Crippen molar-refractivity contribution in [3.63, 3.8) is 0 Å². The normalized spacial score (nSPS) is 11.0. The van der Waals surface area contributed by atoms with E-state index in [0.717, 1.165) is 17.7 Å². The molecule has 8 heteroatoms. The van der Waals surface area contributed by atoms with Gasteiger partial charge in [0.15, 0.2) is 11.6 Å². The van der Waals surface area contributed by atoms with E-state index in [1.165, 1.54) is 12.3 Å². The van der Waals surface area contributed by atoms with E-state index in [1.807, 2.05) is 0 Å². The second kappa shape index (κ2) is 6.27. The van der Waals surface area contributed by atoms with Crippen LogP contribution in [-0.2, 0) is 0 Å². The number of halogens is 3. The van der Waals surface area contributed by atoms with Crippen molar-refractivity contribution in [2.24, 2.45) is 0 Å². The molecule has 5 nitrogen and oxygen atoms in total. The van der Waals surface area contributed by atoms with Gasteiger partial charge in [-0.1, -0.05) is 28.9 Å². The molecule has 2 aromatic heterocycles. The molecule has 0 atom stereocenters. The highest BCUT2D eigenvalue weighted by molar-refractivity contribution is 6.30. The number of rotatable bonds is 3. The first-order chi connectivity index (χ1) is 12.5. The number of nitrogens with zero attached hydrogens (tertiary/aromatic N) is 1. The first-order valence-corrected chi connectivity index (χ1v) is 7.89. The average molecular weight is 374 g/mol. The first-order valence-electron chi connectivity index (χ1n) is 7.51. The van der Waals surface area contributed by atoms with Crippen LogP contribution in [0.3, 0.4) is 0 Å². The van der Waals surface area contributed by atoms with Crippen LogP contribution in [0.2, 0.25) is 5.02 Å². The van der Waals surface area contributed by atoms with Crippen LogP contribution in [0, 0.1) is 11.6 Å². The van der Waals surface area contributed by atoms with Gasteiger partial charge in [0.2, 0.25) is 5.76 Å². The maximum absolute atomic E-state index is 13.4. The number of carbonyl (C=O) groups excluding carboxylic acids is 1.